The molecule has 0 aliphatic carbocycles. The Hall–Kier alpha value is -1.76. The summed E-state index contributed by atoms with van der Waals surface area (Å²) >= 11 is 0. The first kappa shape index (κ1) is 14.6. The number of sulfone groups is 1. The highest BCUT2D eigenvalue weighted by Gasteiger charge is 2.31. The molecule has 0 radical (unpaired) electrons. The number of benzene rings is 1. The van der Waals surface area contributed by atoms with Gasteiger partial charge in [0.25, 0.3) is 0 Å². The molecule has 1 unspecified atom stereocenters. The first-order valence-corrected chi connectivity index (χ1v) is 8.11. The maximum Gasteiger partial charge on any atom is 0.340 e. The number of nitrogen functional groups attached to an aromatic ring is 1. The van der Waals surface area contributed by atoms with Crippen molar-refractivity contribution in [1.82, 2.24) is 0 Å². The lowest BCUT2D eigenvalue weighted by Crippen LogP contribution is -2.47. The Balaban J connectivity index is 2.45. The molecule has 2 N–H and O–H groups in total. The molecule has 6 nitrogen and oxygen atoms in total. The summed E-state index contributed by atoms with van der Waals surface area (Å²) in [5.41, 5.74) is 7.34. The molecule has 0 spiro atoms. The molecule has 20 heavy (non-hydrogen) atoms. The number of nitrogens with two attached hydrogens (primary N) is 1. The number of nitrogens with zero attached hydrogens (tertiary/aromatic N) is 1. The third-order valence-corrected chi connectivity index (χ3v) is 5.22. The largest absolute Gasteiger partial charge is 0.465 e. The van der Waals surface area contributed by atoms with Crippen molar-refractivity contribution in [3.8, 4) is 0 Å². The van der Waals surface area contributed by atoms with Gasteiger partial charge in [0.1, 0.15) is 0 Å². The number of esters is 1. The van der Waals surface area contributed by atoms with Crippen molar-refractivity contribution < 1.29 is 17.9 Å². The number of rotatable bonds is 2. The van der Waals surface area contributed by atoms with Gasteiger partial charge in [0.05, 0.1) is 35.6 Å². The van der Waals surface area contributed by atoms with E-state index < -0.39 is 15.8 Å². The third-order valence-electron chi connectivity index (χ3n) is 3.43. The molecule has 7 heteroatoms. The van der Waals surface area contributed by atoms with Crippen molar-refractivity contribution in [1.29, 1.82) is 0 Å². The average Bonchev–Trinajstić information content (AvgIpc) is 2.38. The van der Waals surface area contributed by atoms with Crippen LogP contribution in [0.1, 0.15) is 17.3 Å². The number of hydrogen-bond donors (Lipinski definition) is 1. The van der Waals surface area contributed by atoms with Gasteiger partial charge in [0, 0.05) is 12.6 Å². The van der Waals surface area contributed by atoms with Crippen LogP contribution in [-0.4, -0.2) is 45.6 Å². The Morgan fingerprint density at radius 2 is 2.15 bits per heavy atom. The van der Waals surface area contributed by atoms with E-state index in [1.165, 1.54) is 7.11 Å². The quantitative estimate of drug-likeness (QED) is 0.638. The van der Waals surface area contributed by atoms with Crippen LogP contribution < -0.4 is 10.6 Å². The van der Waals surface area contributed by atoms with E-state index >= 15 is 0 Å². The highest BCUT2D eigenvalue weighted by Crippen LogP contribution is 2.31. The van der Waals surface area contributed by atoms with Crippen LogP contribution in [0.25, 0.3) is 0 Å². The normalized spacial score (nSPS) is 21.5. The van der Waals surface area contributed by atoms with Crippen LogP contribution in [0.4, 0.5) is 11.4 Å². The smallest absolute Gasteiger partial charge is 0.340 e. The van der Waals surface area contributed by atoms with Crippen molar-refractivity contribution >= 4 is 27.2 Å². The van der Waals surface area contributed by atoms with Gasteiger partial charge in [-0.2, -0.15) is 0 Å². The summed E-state index contributed by atoms with van der Waals surface area (Å²) < 4.78 is 28.1. The van der Waals surface area contributed by atoms with E-state index in [9.17, 15) is 13.2 Å². The zero-order chi connectivity index (χ0) is 14.9. The number of para-hydroxylation sites is 1. The maximum atomic E-state index is 11.8. The Morgan fingerprint density at radius 3 is 2.75 bits per heavy atom. The van der Waals surface area contributed by atoms with Crippen LogP contribution in [0.3, 0.4) is 0 Å². The second-order valence-corrected chi connectivity index (χ2v) is 7.12. The SMILES string of the molecule is COC(=O)c1cccc(N)c1N1CCS(=O)(=O)CC1C. The first-order chi connectivity index (χ1) is 9.35. The van der Waals surface area contributed by atoms with E-state index in [2.05, 4.69) is 0 Å². The fourth-order valence-electron chi connectivity index (χ4n) is 2.49. The summed E-state index contributed by atoms with van der Waals surface area (Å²) in [4.78, 5) is 13.7. The first-order valence-electron chi connectivity index (χ1n) is 6.29. The number of anilines is 2. The average molecular weight is 298 g/mol. The van der Waals surface area contributed by atoms with Crippen LogP contribution in [0.5, 0.6) is 0 Å². The van der Waals surface area contributed by atoms with Gasteiger partial charge in [0.2, 0.25) is 0 Å². The van der Waals surface area contributed by atoms with Gasteiger partial charge in [-0.05, 0) is 19.1 Å². The van der Waals surface area contributed by atoms with E-state index in [4.69, 9.17) is 10.5 Å². The van der Waals surface area contributed by atoms with Crippen LogP contribution in [0, 0.1) is 0 Å². The number of methoxy groups -OCH3 is 1. The van der Waals surface area contributed by atoms with E-state index in [1.807, 2.05) is 11.8 Å². The van der Waals surface area contributed by atoms with E-state index in [0.717, 1.165) is 0 Å². The molecule has 110 valence electrons. The summed E-state index contributed by atoms with van der Waals surface area (Å²) in [5.74, 6) is -0.359. The highest BCUT2D eigenvalue weighted by atomic mass is 32.2. The minimum absolute atomic E-state index is 0.0575. The predicted molar refractivity (Wildman–Crippen MR) is 77.7 cm³/mol. The van der Waals surface area contributed by atoms with Gasteiger partial charge < -0.3 is 15.4 Å². The molecular weight excluding hydrogens is 280 g/mol. The highest BCUT2D eigenvalue weighted by molar-refractivity contribution is 7.91. The second-order valence-electron chi connectivity index (χ2n) is 4.89. The van der Waals surface area contributed by atoms with Gasteiger partial charge >= 0.3 is 5.97 Å². The zero-order valence-corrected chi connectivity index (χ0v) is 12.3. The van der Waals surface area contributed by atoms with Gasteiger partial charge in [-0.1, -0.05) is 6.07 Å². The van der Waals surface area contributed by atoms with E-state index in [-0.39, 0.29) is 17.5 Å². The van der Waals surface area contributed by atoms with Crippen LogP contribution in [-0.2, 0) is 14.6 Å². The summed E-state index contributed by atoms with van der Waals surface area (Å²) in [6, 6.07) is 4.77. The Labute approximate surface area is 118 Å². The maximum absolute atomic E-state index is 11.8. The van der Waals surface area contributed by atoms with Crippen molar-refractivity contribution in [3.05, 3.63) is 23.8 Å². The molecule has 1 aliphatic heterocycles. The standard InChI is InChI=1S/C13H18N2O4S/c1-9-8-20(17,18)7-6-15(9)12-10(13(16)19-2)4-3-5-11(12)14/h3-5,9H,6-8,14H2,1-2H3. The molecule has 1 aromatic carbocycles. The van der Waals surface area contributed by atoms with Gasteiger partial charge in [-0.3, -0.25) is 0 Å². The van der Waals surface area contributed by atoms with E-state index in [1.54, 1.807) is 18.2 Å². The summed E-state index contributed by atoms with van der Waals surface area (Å²) in [6.07, 6.45) is 0. The monoisotopic (exact) mass is 298 g/mol. The minimum atomic E-state index is -3.02. The molecule has 0 bridgehead atoms. The zero-order valence-electron chi connectivity index (χ0n) is 11.5. The molecule has 0 saturated carbocycles. The molecular formula is C13H18N2O4S. The molecule has 1 aliphatic rings. The Kier molecular flexibility index (Phi) is 3.89. The molecule has 1 aromatic rings. The lowest BCUT2D eigenvalue weighted by atomic mass is 10.1. The topological polar surface area (TPSA) is 89.7 Å². The number of hydrogen-bond acceptors (Lipinski definition) is 6. The summed E-state index contributed by atoms with van der Waals surface area (Å²) in [6.45, 7) is 2.13. The Morgan fingerprint density at radius 1 is 1.45 bits per heavy atom. The van der Waals surface area contributed by atoms with Crippen molar-refractivity contribution in [2.75, 3.05) is 35.8 Å². The van der Waals surface area contributed by atoms with Gasteiger partial charge in [-0.15, -0.1) is 0 Å². The molecule has 1 heterocycles. The summed E-state index contributed by atoms with van der Waals surface area (Å²) in [5, 5.41) is 0. The van der Waals surface area contributed by atoms with Crippen LogP contribution >= 0.6 is 0 Å². The lowest BCUT2D eigenvalue weighted by Gasteiger charge is -2.36. The van der Waals surface area contributed by atoms with Crippen LogP contribution in [0.15, 0.2) is 18.2 Å². The third kappa shape index (κ3) is 2.72. The van der Waals surface area contributed by atoms with Gasteiger partial charge in [0.15, 0.2) is 9.84 Å². The predicted octanol–water partition coefficient (Wildman–Crippen LogP) is 0.679. The molecule has 1 saturated heterocycles. The lowest BCUT2D eigenvalue weighted by molar-refractivity contribution is 0.0601. The fourth-order valence-corrected chi connectivity index (χ4v) is 4.04. The Bertz CT molecular complexity index is 627. The molecule has 1 atom stereocenters. The van der Waals surface area contributed by atoms with Gasteiger partial charge in [-0.25, -0.2) is 13.2 Å². The van der Waals surface area contributed by atoms with Crippen molar-refractivity contribution in [3.63, 3.8) is 0 Å². The number of carbonyl (C=O) groups is 1. The fraction of sp³-hybridized carbons (Fsp3) is 0.462. The molecule has 1 fully saturated rings. The van der Waals surface area contributed by atoms with E-state index in [0.29, 0.717) is 23.5 Å². The number of ether oxygens (including phenoxy) is 1. The summed E-state index contributed by atoms with van der Waals surface area (Å²) in [7, 11) is -1.72. The minimum Gasteiger partial charge on any atom is -0.465 e. The number of carbonyl (C=O) groups excluding carboxylic acids is 1. The van der Waals surface area contributed by atoms with Crippen LogP contribution in [0.2, 0.25) is 0 Å². The van der Waals surface area contributed by atoms with Crippen molar-refractivity contribution in [2.45, 2.75) is 13.0 Å². The molecule has 2 rings (SSSR count). The van der Waals surface area contributed by atoms with Crippen molar-refractivity contribution in [2.24, 2.45) is 0 Å². The molecule has 0 aromatic heterocycles. The second kappa shape index (κ2) is 5.32. The molecule has 0 amide bonds.